The molecule has 1 heterocycles. The average molecular weight is 429 g/mol. The minimum Gasteiger partial charge on any atom is -0.478 e. The van der Waals surface area contributed by atoms with Gasteiger partial charge in [-0.05, 0) is 43.2 Å². The molecule has 1 aromatic heterocycles. The number of hydrogen-bond acceptors (Lipinski definition) is 5. The van der Waals surface area contributed by atoms with Gasteiger partial charge in [-0.2, -0.15) is 0 Å². The molecule has 1 fully saturated rings. The van der Waals surface area contributed by atoms with Crippen LogP contribution >= 0.6 is 12.6 Å². The van der Waals surface area contributed by atoms with Crippen LogP contribution in [0.1, 0.15) is 36.0 Å². The largest absolute Gasteiger partial charge is 0.478 e. The van der Waals surface area contributed by atoms with Gasteiger partial charge in [-0.15, -0.1) is 12.6 Å². The van der Waals surface area contributed by atoms with Crippen molar-refractivity contribution >= 4 is 46.6 Å². The third-order valence-corrected chi connectivity index (χ3v) is 5.69. The van der Waals surface area contributed by atoms with Crippen molar-refractivity contribution in [3.05, 3.63) is 54.2 Å². The number of carboxylic acid groups (broad SMARTS) is 1. The molecule has 1 aliphatic rings. The van der Waals surface area contributed by atoms with E-state index < -0.39 is 11.9 Å². The third kappa shape index (κ3) is 4.33. The molecule has 0 saturated heterocycles. The zero-order chi connectivity index (χ0) is 21.3. The minimum absolute atomic E-state index is 0.0154. The summed E-state index contributed by atoms with van der Waals surface area (Å²) >= 11 is 4.50. The number of pyridine rings is 1. The number of thiol groups is 1. The molecule has 3 N–H and O–H groups in total. The monoisotopic (exact) mass is 429 g/mol. The molecule has 0 amide bonds. The van der Waals surface area contributed by atoms with Crippen molar-refractivity contribution in [3.8, 4) is 0 Å². The van der Waals surface area contributed by atoms with Gasteiger partial charge in [0, 0.05) is 41.0 Å². The molecule has 1 aliphatic carbocycles. The summed E-state index contributed by atoms with van der Waals surface area (Å²) < 4.78 is 26.8. The summed E-state index contributed by atoms with van der Waals surface area (Å²) in [7, 11) is 0. The van der Waals surface area contributed by atoms with Crippen LogP contribution in [0.2, 0.25) is 0 Å². The number of nitrogens with one attached hydrogen (secondary N) is 2. The predicted octanol–water partition coefficient (Wildman–Crippen LogP) is 5.96. The van der Waals surface area contributed by atoms with Gasteiger partial charge < -0.3 is 15.7 Å². The second kappa shape index (κ2) is 8.10. The molecule has 0 spiro atoms. The van der Waals surface area contributed by atoms with E-state index >= 15 is 0 Å². The maximum absolute atomic E-state index is 13.4. The molecule has 0 atom stereocenters. The summed E-state index contributed by atoms with van der Waals surface area (Å²) in [5, 5.41) is 16.7. The van der Waals surface area contributed by atoms with Gasteiger partial charge in [-0.25, -0.2) is 13.6 Å². The van der Waals surface area contributed by atoms with Crippen LogP contribution in [-0.4, -0.2) is 28.0 Å². The third-order valence-electron chi connectivity index (χ3n) is 5.35. The van der Waals surface area contributed by atoms with E-state index in [-0.39, 0.29) is 24.4 Å². The first-order chi connectivity index (χ1) is 14.3. The molecule has 2 aromatic carbocycles. The van der Waals surface area contributed by atoms with Crippen LogP contribution in [0.25, 0.3) is 10.9 Å². The van der Waals surface area contributed by atoms with Gasteiger partial charge in [-0.3, -0.25) is 4.98 Å². The van der Waals surface area contributed by atoms with Crippen molar-refractivity contribution in [2.75, 3.05) is 10.6 Å². The molecule has 1 saturated carbocycles. The number of aromatic nitrogens is 1. The Morgan fingerprint density at radius 2 is 1.90 bits per heavy atom. The Kier molecular flexibility index (Phi) is 5.51. The van der Waals surface area contributed by atoms with E-state index in [0.29, 0.717) is 34.6 Å². The standard InChI is InChI=1S/C22H21F2N3O2S/c23-22(24)9-7-13(8-10-22)26-14-5-6-17-16(11-14)20(19(30)12-25-17)27-18-4-2-1-3-15(18)21(28)29/h1-6,11-13,26,30H,7-10H2,(H,25,27)(H,28,29). The van der Waals surface area contributed by atoms with Crippen LogP contribution < -0.4 is 10.6 Å². The number of fused-ring (bicyclic) bond motifs is 1. The molecule has 3 aromatic rings. The van der Waals surface area contributed by atoms with Gasteiger partial charge in [0.05, 0.1) is 22.5 Å². The van der Waals surface area contributed by atoms with Gasteiger partial charge in [0.15, 0.2) is 0 Å². The van der Waals surface area contributed by atoms with E-state index in [9.17, 15) is 18.7 Å². The highest BCUT2D eigenvalue weighted by Crippen LogP contribution is 2.36. The molecule has 0 bridgehead atoms. The molecule has 156 valence electrons. The lowest BCUT2D eigenvalue weighted by Gasteiger charge is -2.29. The normalized spacial score (nSPS) is 16.4. The molecule has 0 unspecified atom stereocenters. The number of alkyl halides is 2. The summed E-state index contributed by atoms with van der Waals surface area (Å²) in [6.07, 6.45) is 2.20. The smallest absolute Gasteiger partial charge is 0.337 e. The van der Waals surface area contributed by atoms with Crippen molar-refractivity contribution in [2.24, 2.45) is 0 Å². The Hall–Kier alpha value is -2.87. The summed E-state index contributed by atoms with van der Waals surface area (Å²) in [5.74, 6) is -3.60. The summed E-state index contributed by atoms with van der Waals surface area (Å²) in [6, 6.07) is 12.2. The molecule has 30 heavy (non-hydrogen) atoms. The lowest BCUT2D eigenvalue weighted by molar-refractivity contribution is -0.0360. The Bertz CT molecular complexity index is 1100. The van der Waals surface area contributed by atoms with Crippen LogP contribution in [0.5, 0.6) is 0 Å². The number of carboxylic acids is 1. The van der Waals surface area contributed by atoms with Crippen molar-refractivity contribution in [2.45, 2.75) is 42.5 Å². The maximum Gasteiger partial charge on any atom is 0.337 e. The number of anilines is 3. The van der Waals surface area contributed by atoms with Crippen LogP contribution in [0.3, 0.4) is 0 Å². The van der Waals surface area contributed by atoms with E-state index in [1.807, 2.05) is 18.2 Å². The first kappa shape index (κ1) is 20.4. The molecular weight excluding hydrogens is 408 g/mol. The van der Waals surface area contributed by atoms with E-state index in [2.05, 4.69) is 28.2 Å². The van der Waals surface area contributed by atoms with Crippen molar-refractivity contribution in [1.29, 1.82) is 0 Å². The van der Waals surface area contributed by atoms with Gasteiger partial charge >= 0.3 is 5.97 Å². The Morgan fingerprint density at radius 1 is 1.17 bits per heavy atom. The Balaban J connectivity index is 1.66. The van der Waals surface area contributed by atoms with Gasteiger partial charge in [0.2, 0.25) is 5.92 Å². The van der Waals surface area contributed by atoms with Crippen molar-refractivity contribution < 1.29 is 18.7 Å². The number of rotatable bonds is 5. The van der Waals surface area contributed by atoms with E-state index in [0.717, 1.165) is 11.1 Å². The number of nitrogens with zero attached hydrogens (tertiary/aromatic N) is 1. The molecular formula is C22H21F2N3O2S. The molecule has 0 radical (unpaired) electrons. The highest BCUT2D eigenvalue weighted by Gasteiger charge is 2.34. The fraction of sp³-hybridized carbons (Fsp3) is 0.273. The van der Waals surface area contributed by atoms with Crippen LogP contribution in [0, 0.1) is 0 Å². The zero-order valence-electron chi connectivity index (χ0n) is 16.0. The quantitative estimate of drug-likeness (QED) is 0.377. The zero-order valence-corrected chi connectivity index (χ0v) is 16.9. The van der Waals surface area contributed by atoms with Crippen molar-refractivity contribution in [3.63, 3.8) is 0 Å². The summed E-state index contributed by atoms with van der Waals surface area (Å²) in [5.41, 5.74) is 2.74. The second-order valence-corrected chi connectivity index (χ2v) is 7.98. The topological polar surface area (TPSA) is 74.2 Å². The number of aromatic carboxylic acids is 1. The van der Waals surface area contributed by atoms with Gasteiger partial charge in [0.1, 0.15) is 0 Å². The lowest BCUT2D eigenvalue weighted by Crippen LogP contribution is -2.31. The average Bonchev–Trinajstić information content (AvgIpc) is 2.72. The molecule has 4 rings (SSSR count). The number of para-hydroxylation sites is 1. The van der Waals surface area contributed by atoms with Crippen LogP contribution in [0.4, 0.5) is 25.8 Å². The van der Waals surface area contributed by atoms with E-state index in [4.69, 9.17) is 0 Å². The maximum atomic E-state index is 13.4. The SMILES string of the molecule is O=C(O)c1ccccc1Nc1c(S)cnc2ccc(NC3CCC(F)(F)CC3)cc12. The van der Waals surface area contributed by atoms with Crippen molar-refractivity contribution in [1.82, 2.24) is 4.98 Å². The number of carbonyl (C=O) groups is 1. The summed E-state index contributed by atoms with van der Waals surface area (Å²) in [6.45, 7) is 0. The number of hydrogen-bond donors (Lipinski definition) is 4. The molecule has 8 heteroatoms. The Morgan fingerprint density at radius 3 is 2.63 bits per heavy atom. The highest BCUT2D eigenvalue weighted by molar-refractivity contribution is 7.80. The summed E-state index contributed by atoms with van der Waals surface area (Å²) in [4.78, 5) is 16.5. The predicted molar refractivity (Wildman–Crippen MR) is 117 cm³/mol. The van der Waals surface area contributed by atoms with E-state index in [1.54, 1.807) is 24.4 Å². The minimum atomic E-state index is -2.57. The number of benzene rings is 2. The van der Waals surface area contributed by atoms with Gasteiger partial charge in [-0.1, -0.05) is 12.1 Å². The Labute approximate surface area is 177 Å². The molecule has 0 aliphatic heterocycles. The number of halogens is 2. The first-order valence-corrected chi connectivity index (χ1v) is 10.1. The van der Waals surface area contributed by atoms with E-state index in [1.165, 1.54) is 6.07 Å². The molecule has 5 nitrogen and oxygen atoms in total. The van der Waals surface area contributed by atoms with Crippen LogP contribution in [0.15, 0.2) is 53.6 Å². The first-order valence-electron chi connectivity index (χ1n) is 9.68. The highest BCUT2D eigenvalue weighted by atomic mass is 32.1. The van der Waals surface area contributed by atoms with Crippen LogP contribution in [-0.2, 0) is 0 Å². The second-order valence-electron chi connectivity index (χ2n) is 7.50. The lowest BCUT2D eigenvalue weighted by atomic mass is 9.92. The fourth-order valence-electron chi connectivity index (χ4n) is 3.74. The van der Waals surface area contributed by atoms with Gasteiger partial charge in [0.25, 0.3) is 0 Å². The fourth-order valence-corrected chi connectivity index (χ4v) is 3.97.